The van der Waals surface area contributed by atoms with Crippen LogP contribution >= 0.6 is 0 Å². The summed E-state index contributed by atoms with van der Waals surface area (Å²) in [5, 5.41) is 16.5. The predicted molar refractivity (Wildman–Crippen MR) is 189 cm³/mol. The second-order valence-electron chi connectivity index (χ2n) is 12.5. The molecule has 0 aliphatic rings. The van der Waals surface area contributed by atoms with Gasteiger partial charge < -0.3 is 0 Å². The first kappa shape index (κ1) is 32.6. The van der Waals surface area contributed by atoms with E-state index in [9.17, 15) is 31.6 Å². The van der Waals surface area contributed by atoms with Crippen molar-refractivity contribution in [2.45, 2.75) is 12.4 Å². The Hall–Kier alpha value is -7.32. The summed E-state index contributed by atoms with van der Waals surface area (Å²) in [7, 11) is 0. The quantitative estimate of drug-likeness (QED) is 0.0581. The Morgan fingerprint density at radius 3 is 1.30 bits per heavy atom. The van der Waals surface area contributed by atoms with Crippen molar-refractivity contribution >= 4 is 65.7 Å². The minimum absolute atomic E-state index is 0.267. The van der Waals surface area contributed by atoms with Crippen LogP contribution in [0.3, 0.4) is 0 Å². The standard InChI is InChI=1S/C40H16F6N8/c1-48-54-36-28-15-22(20-4-10-24(11-5-20)40(44,45)46)7-13-26(28)35-38(36)53-32-17-29-31(16-30(32)51-35)52-37-33(49-18-47)27-14-21(6-12-25(27)34(37)50-29)19-2-8-23(9-3-19)39(41,42)43/h2-17H/b49-33?,54-36+. The van der Waals surface area contributed by atoms with Gasteiger partial charge in [-0.3, -0.25) is 0 Å². The summed E-state index contributed by atoms with van der Waals surface area (Å²) in [4.78, 5) is 26.8. The monoisotopic (exact) mass is 722 g/mol. The first-order valence-corrected chi connectivity index (χ1v) is 16.0. The first-order valence-electron chi connectivity index (χ1n) is 16.0. The van der Waals surface area contributed by atoms with Crippen molar-refractivity contribution in [1.29, 1.82) is 5.26 Å². The molecule has 2 heterocycles. The molecule has 0 atom stereocenters. The zero-order valence-electron chi connectivity index (χ0n) is 27.1. The van der Waals surface area contributed by atoms with Gasteiger partial charge in [-0.1, -0.05) is 48.5 Å². The molecule has 2 aromatic heterocycles. The van der Waals surface area contributed by atoms with E-state index >= 15 is 0 Å². The average molecular weight is 723 g/mol. The summed E-state index contributed by atoms with van der Waals surface area (Å²) < 4.78 is 79.0. The molecule has 8 nitrogen and oxygen atoms in total. The molecule has 0 spiro atoms. The summed E-state index contributed by atoms with van der Waals surface area (Å²) >= 11 is 0. The lowest BCUT2D eigenvalue weighted by Gasteiger charge is -2.08. The van der Waals surface area contributed by atoms with Gasteiger partial charge in [-0.15, -0.1) is 4.95 Å². The molecule has 14 heteroatoms. The molecule has 0 aliphatic heterocycles. The largest absolute Gasteiger partial charge is 0.416 e. The lowest BCUT2D eigenvalue weighted by atomic mass is 10.0. The zero-order chi connectivity index (χ0) is 37.5. The molecular weight excluding hydrogens is 706 g/mol. The number of fused-ring (bicyclic) bond motifs is 8. The highest BCUT2D eigenvalue weighted by molar-refractivity contribution is 6.13. The van der Waals surface area contributed by atoms with E-state index in [0.717, 1.165) is 24.3 Å². The topological polar surface area (TPSA) is 104 Å². The Balaban J connectivity index is 1.21. The van der Waals surface area contributed by atoms with Crippen LogP contribution in [0.2, 0.25) is 0 Å². The van der Waals surface area contributed by atoms with Crippen LogP contribution in [-0.2, 0) is 12.4 Å². The fourth-order valence-electron chi connectivity index (χ4n) is 6.84. The summed E-state index contributed by atoms with van der Waals surface area (Å²) in [5.74, 6) is 0. The SMILES string of the molecule is [C-]#[N+]/N=c1\c2cc(-c3ccc(C(F)(F)F)cc3)ccc2c2nc3cc4nc5c(=NC#N)c6cc(-c7ccc(C(F)(F)F)cc7)ccc6c5nc4cc3nc12. The van der Waals surface area contributed by atoms with E-state index in [4.69, 9.17) is 26.5 Å². The minimum atomic E-state index is -4.47. The van der Waals surface area contributed by atoms with E-state index in [0.29, 0.717) is 87.9 Å². The zero-order valence-corrected chi connectivity index (χ0v) is 27.1. The number of halogens is 6. The highest BCUT2D eigenvalue weighted by Crippen LogP contribution is 2.35. The second-order valence-corrected chi connectivity index (χ2v) is 12.5. The van der Waals surface area contributed by atoms with Gasteiger partial charge in [0.2, 0.25) is 6.19 Å². The molecule has 9 aromatic rings. The van der Waals surface area contributed by atoms with E-state index < -0.39 is 23.5 Å². The Morgan fingerprint density at radius 1 is 0.500 bits per heavy atom. The van der Waals surface area contributed by atoms with Crippen LogP contribution in [-0.4, -0.2) is 19.9 Å². The maximum Gasteiger partial charge on any atom is 0.416 e. The predicted octanol–water partition coefficient (Wildman–Crippen LogP) is 9.55. The van der Waals surface area contributed by atoms with Crippen molar-refractivity contribution in [3.8, 4) is 28.4 Å². The fraction of sp³-hybridized carbons (Fsp3) is 0.0500. The summed E-state index contributed by atoms with van der Waals surface area (Å²) in [6.07, 6.45) is -7.11. The number of alkyl halides is 6. The van der Waals surface area contributed by atoms with E-state index in [-0.39, 0.29) is 10.7 Å². The van der Waals surface area contributed by atoms with Crippen molar-refractivity contribution in [3.05, 3.63) is 130 Å². The van der Waals surface area contributed by atoms with Crippen LogP contribution in [0.4, 0.5) is 26.3 Å². The minimum Gasteiger partial charge on any atom is -0.244 e. The Kier molecular flexibility index (Phi) is 7.00. The van der Waals surface area contributed by atoms with Crippen LogP contribution in [0.1, 0.15) is 11.1 Å². The van der Waals surface area contributed by atoms with Gasteiger partial charge in [-0.2, -0.15) is 43.2 Å². The molecule has 54 heavy (non-hydrogen) atoms. The lowest BCUT2D eigenvalue weighted by Crippen LogP contribution is -2.04. The number of aromatic nitrogens is 4. The highest BCUT2D eigenvalue weighted by Gasteiger charge is 2.31. The van der Waals surface area contributed by atoms with Gasteiger partial charge in [0.1, 0.15) is 16.4 Å². The third-order valence-corrected chi connectivity index (χ3v) is 9.36. The first-order chi connectivity index (χ1) is 25.9. The molecular formula is C40H16F6N8. The maximum atomic E-state index is 13.2. The van der Waals surface area contributed by atoms with Gasteiger partial charge in [0.25, 0.3) is 0 Å². The van der Waals surface area contributed by atoms with Gasteiger partial charge >= 0.3 is 12.4 Å². The fourth-order valence-corrected chi connectivity index (χ4v) is 6.84. The van der Waals surface area contributed by atoms with Crippen molar-refractivity contribution < 1.29 is 26.3 Å². The maximum absolute atomic E-state index is 13.2. The Morgan fingerprint density at radius 2 is 0.889 bits per heavy atom. The van der Waals surface area contributed by atoms with Gasteiger partial charge in [0, 0.05) is 21.5 Å². The van der Waals surface area contributed by atoms with E-state index in [1.807, 2.05) is 6.19 Å². The molecule has 7 aromatic carbocycles. The third-order valence-electron chi connectivity index (χ3n) is 9.36. The Labute approximate surface area is 298 Å². The molecule has 9 rings (SSSR count). The third kappa shape index (κ3) is 5.15. The van der Waals surface area contributed by atoms with Crippen LogP contribution < -0.4 is 10.7 Å². The molecule has 0 saturated carbocycles. The molecule has 0 radical (unpaired) electrons. The van der Waals surface area contributed by atoms with Gasteiger partial charge in [-0.25, -0.2) is 19.9 Å². The molecule has 0 bridgehead atoms. The molecule has 258 valence electrons. The number of rotatable bonds is 2. The summed E-state index contributed by atoms with van der Waals surface area (Å²) in [6, 6.07) is 23.5. The van der Waals surface area contributed by atoms with E-state index in [1.165, 1.54) is 24.3 Å². The van der Waals surface area contributed by atoms with Crippen LogP contribution in [0.5, 0.6) is 0 Å². The van der Waals surface area contributed by atoms with Gasteiger partial charge in [0.05, 0.1) is 49.3 Å². The lowest BCUT2D eigenvalue weighted by molar-refractivity contribution is -0.138. The smallest absolute Gasteiger partial charge is 0.244 e. The molecule has 0 amide bonds. The van der Waals surface area contributed by atoms with Crippen molar-refractivity contribution in [3.63, 3.8) is 0 Å². The molecule has 0 unspecified atom stereocenters. The molecule has 0 aliphatic carbocycles. The molecule has 0 N–H and O–H groups in total. The number of hydrogen-bond donors (Lipinski definition) is 0. The van der Waals surface area contributed by atoms with E-state index in [2.05, 4.69) is 15.0 Å². The summed E-state index contributed by atoms with van der Waals surface area (Å²) in [5.41, 5.74) is 4.19. The number of nitrogens with zero attached hydrogens (tertiary/aromatic N) is 8. The normalized spacial score (nSPS) is 13.2. The molecule has 0 fully saturated rings. The van der Waals surface area contributed by atoms with Crippen LogP contribution in [0.15, 0.2) is 107 Å². The average Bonchev–Trinajstić information content (AvgIpc) is 3.61. The number of benzene rings is 5. The van der Waals surface area contributed by atoms with E-state index in [1.54, 1.807) is 48.5 Å². The Bertz CT molecular complexity index is 3030. The van der Waals surface area contributed by atoms with Crippen LogP contribution in [0.25, 0.3) is 92.9 Å². The van der Waals surface area contributed by atoms with Gasteiger partial charge in [0.15, 0.2) is 5.36 Å². The van der Waals surface area contributed by atoms with Crippen molar-refractivity contribution in [2.75, 3.05) is 0 Å². The molecule has 0 saturated heterocycles. The van der Waals surface area contributed by atoms with Crippen molar-refractivity contribution in [1.82, 2.24) is 19.9 Å². The number of nitriles is 1. The van der Waals surface area contributed by atoms with Crippen molar-refractivity contribution in [2.24, 2.45) is 10.1 Å². The highest BCUT2D eigenvalue weighted by atomic mass is 19.4. The van der Waals surface area contributed by atoms with Crippen LogP contribution in [0, 0.1) is 18.0 Å². The van der Waals surface area contributed by atoms with Gasteiger partial charge in [-0.05, 0) is 70.8 Å². The second kappa shape index (κ2) is 11.6. The summed E-state index contributed by atoms with van der Waals surface area (Å²) in [6.45, 7) is 7.48. The number of hydrogen-bond acceptors (Lipinski definition) is 7.